The number of hydrogen-bond donors (Lipinski definition) is 0. The van der Waals surface area contributed by atoms with Crippen molar-refractivity contribution in [1.29, 1.82) is 0 Å². The molecule has 0 aliphatic carbocycles. The fourth-order valence-corrected chi connectivity index (χ4v) is 2.44. The van der Waals surface area contributed by atoms with Crippen molar-refractivity contribution >= 4 is 16.5 Å². The first-order valence-corrected chi connectivity index (χ1v) is 7.59. The summed E-state index contributed by atoms with van der Waals surface area (Å²) in [5.41, 5.74) is 1.38. The Morgan fingerprint density at radius 1 is 0.789 bits per heavy atom. The number of anilines is 1. The molecule has 0 unspecified atom stereocenters. The minimum absolute atomic E-state index is 1.18. The largest absolute Gasteiger partial charge is 0.372 e. The van der Waals surface area contributed by atoms with Crippen LogP contribution in [0.5, 0.6) is 0 Å². The summed E-state index contributed by atoms with van der Waals surface area (Å²) in [6.45, 7) is 6.88. The fraction of sp³-hybridized carbons (Fsp3) is 0.444. The number of hydrogen-bond acceptors (Lipinski definition) is 1. The van der Waals surface area contributed by atoms with Crippen molar-refractivity contribution in [1.82, 2.24) is 0 Å². The van der Waals surface area contributed by atoms with Crippen molar-refractivity contribution < 1.29 is 0 Å². The third-order valence-corrected chi connectivity index (χ3v) is 3.66. The van der Waals surface area contributed by atoms with Gasteiger partial charge in [-0.3, -0.25) is 0 Å². The second-order valence-electron chi connectivity index (χ2n) is 5.23. The van der Waals surface area contributed by atoms with E-state index < -0.39 is 0 Å². The van der Waals surface area contributed by atoms with Crippen LogP contribution in [0.4, 0.5) is 5.69 Å². The Morgan fingerprint density at radius 2 is 1.42 bits per heavy atom. The van der Waals surface area contributed by atoms with Gasteiger partial charge >= 0.3 is 0 Å². The van der Waals surface area contributed by atoms with E-state index in [9.17, 15) is 0 Å². The first-order valence-electron chi connectivity index (χ1n) is 7.59. The Balaban J connectivity index is 2.21. The quantitative estimate of drug-likeness (QED) is 0.653. The Labute approximate surface area is 117 Å². The van der Waals surface area contributed by atoms with Crippen LogP contribution in [0.3, 0.4) is 0 Å². The lowest BCUT2D eigenvalue weighted by Gasteiger charge is -2.25. The molecule has 0 radical (unpaired) electrons. The average Bonchev–Trinajstić information content (AvgIpc) is 2.47. The minimum atomic E-state index is 1.18. The van der Waals surface area contributed by atoms with Crippen LogP contribution in [0.15, 0.2) is 42.5 Å². The van der Waals surface area contributed by atoms with Crippen LogP contribution in [0.1, 0.15) is 39.5 Å². The Kier molecular flexibility index (Phi) is 5.26. The molecule has 1 heteroatoms. The van der Waals surface area contributed by atoms with Gasteiger partial charge in [-0.25, -0.2) is 0 Å². The predicted molar refractivity (Wildman–Crippen MR) is 86.0 cm³/mol. The molecule has 0 heterocycles. The summed E-state index contributed by atoms with van der Waals surface area (Å²) < 4.78 is 0. The SMILES string of the molecule is CCCCN(CCCC)c1ccc2ccccc2c1. The molecule has 0 bridgehead atoms. The van der Waals surface area contributed by atoms with Gasteiger partial charge in [-0.15, -0.1) is 0 Å². The van der Waals surface area contributed by atoms with E-state index in [-0.39, 0.29) is 0 Å². The van der Waals surface area contributed by atoms with E-state index in [1.165, 1.54) is 55.2 Å². The van der Waals surface area contributed by atoms with Crippen molar-refractivity contribution in [3.05, 3.63) is 42.5 Å². The van der Waals surface area contributed by atoms with Gasteiger partial charge in [0, 0.05) is 18.8 Å². The van der Waals surface area contributed by atoms with E-state index in [2.05, 4.69) is 61.2 Å². The molecule has 0 N–H and O–H groups in total. The van der Waals surface area contributed by atoms with Crippen LogP contribution >= 0.6 is 0 Å². The first-order chi connectivity index (χ1) is 9.35. The average molecular weight is 255 g/mol. The number of rotatable bonds is 7. The first kappa shape index (κ1) is 13.9. The number of fused-ring (bicyclic) bond motifs is 1. The standard InChI is InChI=1S/C18H25N/c1-3-5-13-19(14-6-4-2)18-12-11-16-9-7-8-10-17(16)15-18/h7-12,15H,3-6,13-14H2,1-2H3. The predicted octanol–water partition coefficient (Wildman–Crippen LogP) is 5.25. The van der Waals surface area contributed by atoms with Crippen molar-refractivity contribution in [2.24, 2.45) is 0 Å². The van der Waals surface area contributed by atoms with Gasteiger partial charge in [0.2, 0.25) is 0 Å². The smallest absolute Gasteiger partial charge is 0.0372 e. The van der Waals surface area contributed by atoms with E-state index >= 15 is 0 Å². The van der Waals surface area contributed by atoms with Crippen LogP contribution in [0.25, 0.3) is 10.8 Å². The lowest BCUT2D eigenvalue weighted by atomic mass is 10.1. The highest BCUT2D eigenvalue weighted by atomic mass is 15.1. The highest BCUT2D eigenvalue weighted by Crippen LogP contribution is 2.22. The molecule has 102 valence electrons. The summed E-state index contributed by atoms with van der Waals surface area (Å²) >= 11 is 0. The number of nitrogens with zero attached hydrogens (tertiary/aromatic N) is 1. The third-order valence-electron chi connectivity index (χ3n) is 3.66. The molecular weight excluding hydrogens is 230 g/mol. The van der Waals surface area contributed by atoms with Crippen molar-refractivity contribution in [2.75, 3.05) is 18.0 Å². The molecule has 2 rings (SSSR count). The van der Waals surface area contributed by atoms with Crippen LogP contribution < -0.4 is 4.90 Å². The third kappa shape index (κ3) is 3.73. The highest BCUT2D eigenvalue weighted by molar-refractivity contribution is 5.85. The summed E-state index contributed by atoms with van der Waals surface area (Å²) in [5, 5.41) is 2.68. The Bertz CT molecular complexity index is 496. The molecule has 1 nitrogen and oxygen atoms in total. The maximum Gasteiger partial charge on any atom is 0.0372 e. The van der Waals surface area contributed by atoms with E-state index in [1.54, 1.807) is 0 Å². The molecule has 0 aliphatic rings. The van der Waals surface area contributed by atoms with E-state index in [0.29, 0.717) is 0 Å². The summed E-state index contributed by atoms with van der Waals surface area (Å²) in [6, 6.07) is 15.5. The Morgan fingerprint density at radius 3 is 2.05 bits per heavy atom. The second kappa shape index (κ2) is 7.18. The van der Waals surface area contributed by atoms with Gasteiger partial charge in [-0.05, 0) is 35.7 Å². The van der Waals surface area contributed by atoms with Gasteiger partial charge in [-0.2, -0.15) is 0 Å². The zero-order valence-corrected chi connectivity index (χ0v) is 12.2. The summed E-state index contributed by atoms with van der Waals surface area (Å²) in [6.07, 6.45) is 5.07. The zero-order chi connectivity index (χ0) is 13.5. The monoisotopic (exact) mass is 255 g/mol. The van der Waals surface area contributed by atoms with Gasteiger partial charge in [0.1, 0.15) is 0 Å². The van der Waals surface area contributed by atoms with Gasteiger partial charge < -0.3 is 4.90 Å². The molecule has 0 aliphatic heterocycles. The van der Waals surface area contributed by atoms with Crippen LogP contribution in [-0.4, -0.2) is 13.1 Å². The maximum absolute atomic E-state index is 2.54. The molecule has 0 fully saturated rings. The van der Waals surface area contributed by atoms with Gasteiger partial charge in [0.05, 0.1) is 0 Å². The Hall–Kier alpha value is -1.50. The summed E-state index contributed by atoms with van der Waals surface area (Å²) in [5.74, 6) is 0. The highest BCUT2D eigenvalue weighted by Gasteiger charge is 2.06. The maximum atomic E-state index is 2.54. The van der Waals surface area contributed by atoms with Crippen molar-refractivity contribution in [2.45, 2.75) is 39.5 Å². The van der Waals surface area contributed by atoms with E-state index in [4.69, 9.17) is 0 Å². The van der Waals surface area contributed by atoms with Crippen molar-refractivity contribution in [3.63, 3.8) is 0 Å². The second-order valence-corrected chi connectivity index (χ2v) is 5.23. The molecule has 0 aromatic heterocycles. The molecule has 0 atom stereocenters. The van der Waals surface area contributed by atoms with E-state index in [0.717, 1.165) is 0 Å². The normalized spacial score (nSPS) is 10.8. The van der Waals surface area contributed by atoms with Gasteiger partial charge in [0.25, 0.3) is 0 Å². The lowest BCUT2D eigenvalue weighted by Crippen LogP contribution is -2.25. The fourth-order valence-electron chi connectivity index (χ4n) is 2.44. The molecule has 0 saturated heterocycles. The zero-order valence-electron chi connectivity index (χ0n) is 12.2. The van der Waals surface area contributed by atoms with E-state index in [1.807, 2.05) is 0 Å². The minimum Gasteiger partial charge on any atom is -0.372 e. The van der Waals surface area contributed by atoms with Crippen LogP contribution in [0, 0.1) is 0 Å². The molecule has 2 aromatic rings. The lowest BCUT2D eigenvalue weighted by molar-refractivity contribution is 0.678. The van der Waals surface area contributed by atoms with Gasteiger partial charge in [-0.1, -0.05) is 57.0 Å². The number of unbranched alkanes of at least 4 members (excludes halogenated alkanes) is 2. The molecule has 2 aromatic carbocycles. The molecule has 19 heavy (non-hydrogen) atoms. The van der Waals surface area contributed by atoms with Crippen LogP contribution in [-0.2, 0) is 0 Å². The molecule has 0 spiro atoms. The van der Waals surface area contributed by atoms with Gasteiger partial charge in [0.15, 0.2) is 0 Å². The molecule has 0 amide bonds. The molecular formula is C18H25N. The number of benzene rings is 2. The summed E-state index contributed by atoms with van der Waals surface area (Å²) in [4.78, 5) is 2.54. The summed E-state index contributed by atoms with van der Waals surface area (Å²) in [7, 11) is 0. The topological polar surface area (TPSA) is 3.24 Å². The molecule has 0 saturated carbocycles. The van der Waals surface area contributed by atoms with Crippen LogP contribution in [0.2, 0.25) is 0 Å². The van der Waals surface area contributed by atoms with Crippen molar-refractivity contribution in [3.8, 4) is 0 Å².